The van der Waals surface area contributed by atoms with Crippen LogP contribution in [0.5, 0.6) is 0 Å². The second-order valence-corrected chi connectivity index (χ2v) is 4.56. The highest BCUT2D eigenvalue weighted by molar-refractivity contribution is 6.32. The molecular formula is C12H11ClF3NO. The molecule has 0 unspecified atom stereocenters. The molecule has 1 aromatic rings. The van der Waals surface area contributed by atoms with E-state index in [1.165, 1.54) is 4.90 Å². The molecular weight excluding hydrogens is 267 g/mol. The number of carbonyl (C=O) groups excluding carboxylic acids is 1. The van der Waals surface area contributed by atoms with Gasteiger partial charge in [-0.15, -0.1) is 0 Å². The summed E-state index contributed by atoms with van der Waals surface area (Å²) in [6.45, 7) is 0.399. The molecule has 18 heavy (non-hydrogen) atoms. The number of hydrogen-bond donors (Lipinski definition) is 0. The highest BCUT2D eigenvalue weighted by atomic mass is 35.5. The molecule has 1 heterocycles. The molecule has 0 saturated heterocycles. The minimum atomic E-state index is -4.30. The van der Waals surface area contributed by atoms with Crippen LogP contribution in [0.3, 0.4) is 0 Å². The predicted octanol–water partition coefficient (Wildman–Crippen LogP) is 3.57. The van der Waals surface area contributed by atoms with E-state index in [2.05, 4.69) is 0 Å². The van der Waals surface area contributed by atoms with Gasteiger partial charge in [-0.25, -0.2) is 0 Å². The zero-order valence-electron chi connectivity index (χ0n) is 9.43. The number of amides is 1. The van der Waals surface area contributed by atoms with Crippen LogP contribution in [0.1, 0.15) is 18.4 Å². The highest BCUT2D eigenvalue weighted by Gasteiger charge is 2.31. The SMILES string of the molecule is O=C(CCC(F)(F)F)N1CCc2c(Cl)cccc21. The molecule has 0 fully saturated rings. The molecule has 98 valence electrons. The van der Waals surface area contributed by atoms with Crippen molar-refractivity contribution < 1.29 is 18.0 Å². The van der Waals surface area contributed by atoms with Crippen molar-refractivity contribution in [3.8, 4) is 0 Å². The van der Waals surface area contributed by atoms with Crippen molar-refractivity contribution in [1.82, 2.24) is 0 Å². The second-order valence-electron chi connectivity index (χ2n) is 4.15. The quantitative estimate of drug-likeness (QED) is 0.809. The van der Waals surface area contributed by atoms with Gasteiger partial charge in [-0.2, -0.15) is 13.2 Å². The molecule has 0 atom stereocenters. The number of rotatable bonds is 2. The Hall–Kier alpha value is -1.23. The lowest BCUT2D eigenvalue weighted by Gasteiger charge is -2.17. The fraction of sp³-hybridized carbons (Fsp3) is 0.417. The normalized spacial score (nSPS) is 14.8. The molecule has 0 aromatic heterocycles. The first-order chi connectivity index (χ1) is 8.38. The lowest BCUT2D eigenvalue weighted by atomic mass is 10.2. The summed E-state index contributed by atoms with van der Waals surface area (Å²) in [6, 6.07) is 5.11. The van der Waals surface area contributed by atoms with E-state index in [1.54, 1.807) is 18.2 Å². The van der Waals surface area contributed by atoms with E-state index in [1.807, 2.05) is 0 Å². The molecule has 2 rings (SSSR count). The van der Waals surface area contributed by atoms with Gasteiger partial charge in [-0.1, -0.05) is 17.7 Å². The van der Waals surface area contributed by atoms with Gasteiger partial charge < -0.3 is 4.90 Å². The minimum absolute atomic E-state index is 0.399. The number of alkyl halides is 3. The Kier molecular flexibility index (Phi) is 3.52. The van der Waals surface area contributed by atoms with Crippen molar-refractivity contribution in [3.63, 3.8) is 0 Å². The molecule has 1 aliphatic rings. The predicted molar refractivity (Wildman–Crippen MR) is 62.8 cm³/mol. The first-order valence-corrected chi connectivity index (χ1v) is 5.91. The van der Waals surface area contributed by atoms with Crippen LogP contribution in [0.2, 0.25) is 5.02 Å². The van der Waals surface area contributed by atoms with Crippen molar-refractivity contribution in [2.45, 2.75) is 25.4 Å². The summed E-state index contributed by atoms with van der Waals surface area (Å²) in [4.78, 5) is 13.1. The molecule has 0 radical (unpaired) electrons. The van der Waals surface area contributed by atoms with Crippen molar-refractivity contribution in [2.75, 3.05) is 11.4 Å². The summed E-state index contributed by atoms with van der Waals surface area (Å²) in [5.41, 5.74) is 1.47. The largest absolute Gasteiger partial charge is 0.389 e. The second kappa shape index (κ2) is 4.80. The third-order valence-corrected chi connectivity index (χ3v) is 3.25. The Morgan fingerprint density at radius 3 is 2.78 bits per heavy atom. The van der Waals surface area contributed by atoms with Crippen LogP contribution in [-0.4, -0.2) is 18.6 Å². The number of hydrogen-bond acceptors (Lipinski definition) is 1. The molecule has 1 aliphatic heterocycles. The molecule has 2 nitrogen and oxygen atoms in total. The van der Waals surface area contributed by atoms with Gasteiger partial charge >= 0.3 is 6.18 Å². The van der Waals surface area contributed by atoms with Crippen LogP contribution in [0.15, 0.2) is 18.2 Å². The van der Waals surface area contributed by atoms with E-state index in [-0.39, 0.29) is 0 Å². The average molecular weight is 278 g/mol. The number of anilines is 1. The minimum Gasteiger partial charge on any atom is -0.312 e. The van der Waals surface area contributed by atoms with Crippen LogP contribution in [0, 0.1) is 0 Å². The summed E-state index contributed by atoms with van der Waals surface area (Å²) in [7, 11) is 0. The van der Waals surface area contributed by atoms with Crippen molar-refractivity contribution in [2.24, 2.45) is 0 Å². The van der Waals surface area contributed by atoms with E-state index in [9.17, 15) is 18.0 Å². The monoisotopic (exact) mass is 277 g/mol. The van der Waals surface area contributed by atoms with Crippen LogP contribution in [0.25, 0.3) is 0 Å². The molecule has 1 amide bonds. The van der Waals surface area contributed by atoms with Gasteiger partial charge in [0.05, 0.1) is 6.42 Å². The Morgan fingerprint density at radius 1 is 1.39 bits per heavy atom. The van der Waals surface area contributed by atoms with Crippen LogP contribution >= 0.6 is 11.6 Å². The molecule has 0 N–H and O–H groups in total. The van der Waals surface area contributed by atoms with Crippen molar-refractivity contribution in [1.29, 1.82) is 0 Å². The summed E-state index contributed by atoms with van der Waals surface area (Å²) in [6.07, 6.45) is -5.31. The molecule has 6 heteroatoms. The van der Waals surface area contributed by atoms with Crippen molar-refractivity contribution in [3.05, 3.63) is 28.8 Å². The molecule has 1 aromatic carbocycles. The molecule has 0 bridgehead atoms. The molecule has 0 aliphatic carbocycles. The average Bonchev–Trinajstić information content (AvgIpc) is 2.70. The van der Waals surface area contributed by atoms with E-state index >= 15 is 0 Å². The maximum atomic E-state index is 12.1. The standard InChI is InChI=1S/C12H11ClF3NO/c13-9-2-1-3-10-8(9)5-7-17(10)11(18)4-6-12(14,15)16/h1-3H,4-7H2. The van der Waals surface area contributed by atoms with Gasteiger partial charge in [0.2, 0.25) is 5.91 Å². The Balaban J connectivity index is 2.09. The fourth-order valence-corrected chi connectivity index (χ4v) is 2.30. The lowest BCUT2D eigenvalue weighted by Crippen LogP contribution is -2.29. The third-order valence-electron chi connectivity index (χ3n) is 2.89. The first kappa shape index (κ1) is 13.2. The Labute approximate surface area is 107 Å². The smallest absolute Gasteiger partial charge is 0.312 e. The topological polar surface area (TPSA) is 20.3 Å². The van der Waals surface area contributed by atoms with E-state index < -0.39 is 24.9 Å². The van der Waals surface area contributed by atoms with Crippen LogP contribution < -0.4 is 4.90 Å². The zero-order chi connectivity index (χ0) is 13.3. The first-order valence-electron chi connectivity index (χ1n) is 5.53. The maximum absolute atomic E-state index is 12.1. The Morgan fingerprint density at radius 2 is 2.11 bits per heavy atom. The van der Waals surface area contributed by atoms with Gasteiger partial charge in [0, 0.05) is 23.7 Å². The summed E-state index contributed by atoms with van der Waals surface area (Å²) in [5, 5.41) is 0.554. The fourth-order valence-electron chi connectivity index (χ4n) is 2.03. The number of carbonyl (C=O) groups is 1. The number of halogens is 4. The van der Waals surface area contributed by atoms with Gasteiger partial charge in [-0.05, 0) is 24.1 Å². The van der Waals surface area contributed by atoms with Gasteiger partial charge in [0.25, 0.3) is 0 Å². The number of benzene rings is 1. The lowest BCUT2D eigenvalue weighted by molar-refractivity contribution is -0.143. The third kappa shape index (κ3) is 2.77. The number of nitrogens with zero attached hydrogens (tertiary/aromatic N) is 1. The van der Waals surface area contributed by atoms with Gasteiger partial charge in [-0.3, -0.25) is 4.79 Å². The maximum Gasteiger partial charge on any atom is 0.389 e. The van der Waals surface area contributed by atoms with E-state index in [0.717, 1.165) is 5.56 Å². The highest BCUT2D eigenvalue weighted by Crippen LogP contribution is 2.34. The molecule has 0 saturated carbocycles. The summed E-state index contributed by atoms with van der Waals surface area (Å²) < 4.78 is 36.2. The van der Waals surface area contributed by atoms with Gasteiger partial charge in [0.15, 0.2) is 0 Å². The zero-order valence-corrected chi connectivity index (χ0v) is 10.2. The molecule has 0 spiro atoms. The van der Waals surface area contributed by atoms with Crippen LogP contribution in [-0.2, 0) is 11.2 Å². The summed E-state index contributed by atoms with van der Waals surface area (Å²) in [5.74, 6) is -0.506. The van der Waals surface area contributed by atoms with E-state index in [4.69, 9.17) is 11.6 Å². The number of fused-ring (bicyclic) bond motifs is 1. The van der Waals surface area contributed by atoms with Gasteiger partial charge in [0.1, 0.15) is 0 Å². The van der Waals surface area contributed by atoms with Crippen molar-refractivity contribution >= 4 is 23.2 Å². The summed E-state index contributed by atoms with van der Waals surface area (Å²) >= 11 is 5.97. The van der Waals surface area contributed by atoms with Crippen LogP contribution in [0.4, 0.5) is 18.9 Å². The Bertz CT molecular complexity index is 473. The van der Waals surface area contributed by atoms with E-state index in [0.29, 0.717) is 23.7 Å².